The Labute approximate surface area is 120 Å². The van der Waals surface area contributed by atoms with Crippen LogP contribution in [0.3, 0.4) is 0 Å². The maximum absolute atomic E-state index is 11.8. The summed E-state index contributed by atoms with van der Waals surface area (Å²) in [5, 5.41) is 3.58. The summed E-state index contributed by atoms with van der Waals surface area (Å²) in [6, 6.07) is 11.4. The van der Waals surface area contributed by atoms with E-state index in [9.17, 15) is 4.79 Å². The molecule has 5 heteroatoms. The molecule has 3 aromatic rings. The van der Waals surface area contributed by atoms with E-state index < -0.39 is 0 Å². The maximum atomic E-state index is 11.8. The molecule has 0 aliphatic rings. The number of amides is 1. The van der Waals surface area contributed by atoms with Crippen LogP contribution in [-0.4, -0.2) is 17.4 Å². The molecule has 1 N–H and O–H groups in total. The number of thiazole rings is 1. The third-order valence-electron chi connectivity index (χ3n) is 2.87. The quantitative estimate of drug-likeness (QED) is 0.795. The normalized spacial score (nSPS) is 10.8. The first kappa shape index (κ1) is 12.9. The van der Waals surface area contributed by atoms with Crippen LogP contribution in [0.2, 0.25) is 0 Å². The number of para-hydroxylation sites is 1. The average molecular weight is 286 g/mol. The third-order valence-corrected chi connectivity index (χ3v) is 3.92. The molecule has 0 aliphatic heterocycles. The minimum Gasteiger partial charge on any atom is -0.448 e. The predicted molar refractivity (Wildman–Crippen MR) is 79.9 cm³/mol. The van der Waals surface area contributed by atoms with Gasteiger partial charge in [0.15, 0.2) is 16.5 Å². The average Bonchev–Trinajstić information content (AvgIpc) is 3.10. The Kier molecular flexibility index (Phi) is 3.52. The molecule has 0 atom stereocenters. The van der Waals surface area contributed by atoms with Crippen molar-refractivity contribution in [3.63, 3.8) is 0 Å². The number of hydrogen-bond acceptors (Lipinski definition) is 4. The molecule has 20 heavy (non-hydrogen) atoms. The van der Waals surface area contributed by atoms with Crippen LogP contribution in [0.4, 0.5) is 0 Å². The zero-order valence-corrected chi connectivity index (χ0v) is 11.9. The molecule has 0 fully saturated rings. The van der Waals surface area contributed by atoms with Crippen molar-refractivity contribution in [3.8, 4) is 10.8 Å². The summed E-state index contributed by atoms with van der Waals surface area (Å²) in [6.07, 6.45) is 0.900. The van der Waals surface area contributed by atoms with E-state index >= 15 is 0 Å². The molecule has 102 valence electrons. The Balaban J connectivity index is 1.87. The number of rotatable bonds is 4. The summed E-state index contributed by atoms with van der Waals surface area (Å²) in [4.78, 5) is 16.3. The van der Waals surface area contributed by atoms with E-state index in [4.69, 9.17) is 4.42 Å². The SMILES string of the molecule is CCCNC(=O)c1ccc(-c2nc3ccccc3s2)o1. The van der Waals surface area contributed by atoms with Gasteiger partial charge in [-0.25, -0.2) is 4.98 Å². The van der Waals surface area contributed by atoms with E-state index in [1.807, 2.05) is 31.2 Å². The van der Waals surface area contributed by atoms with Gasteiger partial charge in [-0.1, -0.05) is 19.1 Å². The van der Waals surface area contributed by atoms with Crippen molar-refractivity contribution < 1.29 is 9.21 Å². The van der Waals surface area contributed by atoms with Gasteiger partial charge in [0.25, 0.3) is 5.91 Å². The van der Waals surface area contributed by atoms with Crippen molar-refractivity contribution in [2.24, 2.45) is 0 Å². The largest absolute Gasteiger partial charge is 0.448 e. The second-order valence-electron chi connectivity index (χ2n) is 4.41. The van der Waals surface area contributed by atoms with E-state index in [2.05, 4.69) is 10.3 Å². The lowest BCUT2D eigenvalue weighted by Crippen LogP contribution is -2.23. The Morgan fingerprint density at radius 2 is 2.15 bits per heavy atom. The molecule has 1 amide bonds. The van der Waals surface area contributed by atoms with E-state index in [0.717, 1.165) is 21.6 Å². The highest BCUT2D eigenvalue weighted by atomic mass is 32.1. The number of nitrogens with zero attached hydrogens (tertiary/aromatic N) is 1. The van der Waals surface area contributed by atoms with Crippen molar-refractivity contribution in [2.75, 3.05) is 6.54 Å². The number of carbonyl (C=O) groups excluding carboxylic acids is 1. The van der Waals surface area contributed by atoms with Gasteiger partial charge in [0.05, 0.1) is 10.2 Å². The van der Waals surface area contributed by atoms with Crippen LogP contribution < -0.4 is 5.32 Å². The Hall–Kier alpha value is -2.14. The summed E-state index contributed by atoms with van der Waals surface area (Å²) < 4.78 is 6.70. The summed E-state index contributed by atoms with van der Waals surface area (Å²) in [7, 11) is 0. The molecular formula is C15H14N2O2S. The molecule has 2 aromatic heterocycles. The van der Waals surface area contributed by atoms with Crippen LogP contribution in [0.1, 0.15) is 23.9 Å². The van der Waals surface area contributed by atoms with Crippen LogP contribution in [-0.2, 0) is 0 Å². The molecule has 0 bridgehead atoms. The van der Waals surface area contributed by atoms with E-state index in [1.165, 1.54) is 0 Å². The number of nitrogens with one attached hydrogen (secondary N) is 1. The highest BCUT2D eigenvalue weighted by Gasteiger charge is 2.14. The van der Waals surface area contributed by atoms with Gasteiger partial charge < -0.3 is 9.73 Å². The number of carbonyl (C=O) groups is 1. The van der Waals surface area contributed by atoms with Crippen LogP contribution in [0.5, 0.6) is 0 Å². The molecule has 0 saturated carbocycles. The molecule has 0 radical (unpaired) electrons. The topological polar surface area (TPSA) is 55.1 Å². The molecule has 1 aromatic carbocycles. The van der Waals surface area contributed by atoms with Crippen LogP contribution >= 0.6 is 11.3 Å². The molecular weight excluding hydrogens is 272 g/mol. The maximum Gasteiger partial charge on any atom is 0.287 e. The first-order valence-electron chi connectivity index (χ1n) is 6.52. The van der Waals surface area contributed by atoms with Crippen LogP contribution in [0.25, 0.3) is 21.0 Å². The fourth-order valence-corrected chi connectivity index (χ4v) is 2.81. The van der Waals surface area contributed by atoms with Gasteiger partial charge in [-0.3, -0.25) is 4.79 Å². The van der Waals surface area contributed by atoms with Gasteiger partial charge in [0.1, 0.15) is 0 Å². The summed E-state index contributed by atoms with van der Waals surface area (Å²) in [5.41, 5.74) is 0.945. The van der Waals surface area contributed by atoms with Crippen molar-refractivity contribution in [1.29, 1.82) is 0 Å². The molecule has 3 rings (SSSR count). The standard InChI is InChI=1S/C15H14N2O2S/c1-2-9-16-14(18)11-7-8-12(19-11)15-17-10-5-3-4-6-13(10)20-15/h3-8H,2,9H2,1H3,(H,16,18). The lowest BCUT2D eigenvalue weighted by atomic mass is 10.3. The van der Waals surface area contributed by atoms with Gasteiger partial charge in [-0.15, -0.1) is 11.3 Å². The van der Waals surface area contributed by atoms with E-state index in [1.54, 1.807) is 23.5 Å². The zero-order valence-electron chi connectivity index (χ0n) is 11.1. The predicted octanol–water partition coefficient (Wildman–Crippen LogP) is 3.70. The fraction of sp³-hybridized carbons (Fsp3) is 0.200. The molecule has 0 spiro atoms. The van der Waals surface area contributed by atoms with Crippen molar-refractivity contribution >= 4 is 27.5 Å². The molecule has 0 unspecified atom stereocenters. The molecule has 4 nitrogen and oxygen atoms in total. The van der Waals surface area contributed by atoms with Gasteiger partial charge in [0, 0.05) is 6.54 Å². The second kappa shape index (κ2) is 5.46. The molecule has 2 heterocycles. The summed E-state index contributed by atoms with van der Waals surface area (Å²) >= 11 is 1.56. The van der Waals surface area contributed by atoms with Crippen molar-refractivity contribution in [1.82, 2.24) is 10.3 Å². The van der Waals surface area contributed by atoms with Gasteiger partial charge in [-0.2, -0.15) is 0 Å². The highest BCUT2D eigenvalue weighted by Crippen LogP contribution is 2.30. The number of aromatic nitrogens is 1. The summed E-state index contributed by atoms with van der Waals surface area (Å²) in [5.74, 6) is 0.778. The first-order valence-corrected chi connectivity index (χ1v) is 7.33. The lowest BCUT2D eigenvalue weighted by molar-refractivity contribution is 0.0927. The van der Waals surface area contributed by atoms with Gasteiger partial charge in [-0.05, 0) is 30.7 Å². The first-order chi connectivity index (χ1) is 9.78. The van der Waals surface area contributed by atoms with E-state index in [-0.39, 0.29) is 5.91 Å². The smallest absolute Gasteiger partial charge is 0.287 e. The lowest BCUT2D eigenvalue weighted by Gasteiger charge is -1.98. The molecule has 0 aliphatic carbocycles. The Morgan fingerprint density at radius 1 is 1.30 bits per heavy atom. The number of hydrogen-bond donors (Lipinski definition) is 1. The van der Waals surface area contributed by atoms with Gasteiger partial charge in [0.2, 0.25) is 0 Å². The Morgan fingerprint density at radius 3 is 2.95 bits per heavy atom. The number of fused-ring (bicyclic) bond motifs is 1. The monoisotopic (exact) mass is 286 g/mol. The fourth-order valence-electron chi connectivity index (χ4n) is 1.88. The van der Waals surface area contributed by atoms with Crippen molar-refractivity contribution in [3.05, 3.63) is 42.2 Å². The highest BCUT2D eigenvalue weighted by molar-refractivity contribution is 7.21. The van der Waals surface area contributed by atoms with Gasteiger partial charge >= 0.3 is 0 Å². The third kappa shape index (κ3) is 2.44. The summed E-state index contributed by atoms with van der Waals surface area (Å²) in [6.45, 7) is 2.66. The minimum atomic E-state index is -0.181. The van der Waals surface area contributed by atoms with Crippen LogP contribution in [0.15, 0.2) is 40.8 Å². The number of benzene rings is 1. The minimum absolute atomic E-state index is 0.181. The van der Waals surface area contributed by atoms with E-state index in [0.29, 0.717) is 18.1 Å². The zero-order chi connectivity index (χ0) is 13.9. The number of furan rings is 1. The second-order valence-corrected chi connectivity index (χ2v) is 5.44. The van der Waals surface area contributed by atoms with Crippen LogP contribution in [0, 0.1) is 0 Å². The van der Waals surface area contributed by atoms with Crippen molar-refractivity contribution in [2.45, 2.75) is 13.3 Å². The molecule has 0 saturated heterocycles. The Bertz CT molecular complexity index is 712.